The highest BCUT2D eigenvalue weighted by molar-refractivity contribution is 5.77. The Balaban J connectivity index is 2.34. The summed E-state index contributed by atoms with van der Waals surface area (Å²) in [6.45, 7) is 1.97. The van der Waals surface area contributed by atoms with Crippen molar-refractivity contribution < 1.29 is 9.53 Å². The summed E-state index contributed by atoms with van der Waals surface area (Å²) in [6.07, 6.45) is 0. The third-order valence-corrected chi connectivity index (χ3v) is 2.83. The lowest BCUT2D eigenvalue weighted by atomic mass is 10.2. The van der Waals surface area contributed by atoms with Gasteiger partial charge >= 0.3 is 0 Å². The second kappa shape index (κ2) is 9.01. The summed E-state index contributed by atoms with van der Waals surface area (Å²) in [6, 6.07) is 7.56. The smallest absolute Gasteiger partial charge is 0.236 e. The standard InChI is InChI=1S/C16H23N3O2/c1-18(2)16(20)13-19(3)11-12-21-15-8-6-14(7-9-15)5-4-10-17/h6-9H,10-13,17H2,1-3H3. The second-order valence-corrected chi connectivity index (χ2v) is 4.90. The zero-order chi connectivity index (χ0) is 15.7. The largest absolute Gasteiger partial charge is 0.492 e. The van der Waals surface area contributed by atoms with Gasteiger partial charge in [0.1, 0.15) is 12.4 Å². The molecule has 1 rings (SSSR count). The van der Waals surface area contributed by atoms with Crippen LogP contribution >= 0.6 is 0 Å². The first-order valence-electron chi connectivity index (χ1n) is 6.83. The Kier molecular flexibility index (Phi) is 7.30. The lowest BCUT2D eigenvalue weighted by molar-refractivity contribution is -0.129. The van der Waals surface area contributed by atoms with Crippen molar-refractivity contribution in [3.05, 3.63) is 29.8 Å². The number of carbonyl (C=O) groups excluding carboxylic acids is 1. The number of amides is 1. The highest BCUT2D eigenvalue weighted by Gasteiger charge is 2.07. The van der Waals surface area contributed by atoms with E-state index in [1.165, 1.54) is 0 Å². The summed E-state index contributed by atoms with van der Waals surface area (Å²) < 4.78 is 5.64. The Morgan fingerprint density at radius 3 is 2.48 bits per heavy atom. The molecule has 0 saturated carbocycles. The minimum absolute atomic E-state index is 0.0836. The van der Waals surface area contributed by atoms with E-state index in [-0.39, 0.29) is 5.91 Å². The maximum Gasteiger partial charge on any atom is 0.236 e. The highest BCUT2D eigenvalue weighted by atomic mass is 16.5. The average Bonchev–Trinajstić information content (AvgIpc) is 2.46. The minimum atomic E-state index is 0.0836. The van der Waals surface area contributed by atoms with Gasteiger partial charge in [-0.15, -0.1) is 0 Å². The van der Waals surface area contributed by atoms with Crippen LogP contribution in [-0.4, -0.2) is 63.1 Å². The Bertz CT molecular complexity index is 500. The van der Waals surface area contributed by atoms with E-state index in [2.05, 4.69) is 11.8 Å². The van der Waals surface area contributed by atoms with E-state index in [1.807, 2.05) is 36.2 Å². The van der Waals surface area contributed by atoms with Crippen LogP contribution in [-0.2, 0) is 4.79 Å². The molecular weight excluding hydrogens is 266 g/mol. The predicted octanol–water partition coefficient (Wildman–Crippen LogP) is 0.396. The van der Waals surface area contributed by atoms with Crippen LogP contribution in [0.1, 0.15) is 5.56 Å². The first-order valence-corrected chi connectivity index (χ1v) is 6.83. The number of hydrogen-bond donors (Lipinski definition) is 1. The molecule has 0 unspecified atom stereocenters. The van der Waals surface area contributed by atoms with Crippen LogP contribution in [0.25, 0.3) is 0 Å². The van der Waals surface area contributed by atoms with Crippen molar-refractivity contribution in [2.75, 3.05) is 47.4 Å². The van der Waals surface area contributed by atoms with Gasteiger partial charge in [-0.3, -0.25) is 9.69 Å². The molecule has 0 spiro atoms. The summed E-state index contributed by atoms with van der Waals surface area (Å²) in [5.41, 5.74) is 6.24. The van der Waals surface area contributed by atoms with Gasteiger partial charge in [-0.2, -0.15) is 0 Å². The van der Waals surface area contributed by atoms with Crippen molar-refractivity contribution in [3.63, 3.8) is 0 Å². The van der Waals surface area contributed by atoms with Crippen LogP contribution in [0, 0.1) is 11.8 Å². The summed E-state index contributed by atoms with van der Waals surface area (Å²) in [4.78, 5) is 15.0. The molecule has 0 aliphatic rings. The summed E-state index contributed by atoms with van der Waals surface area (Å²) in [5.74, 6) is 6.64. The van der Waals surface area contributed by atoms with Crippen LogP contribution in [0.3, 0.4) is 0 Å². The van der Waals surface area contributed by atoms with Crippen molar-refractivity contribution in [2.45, 2.75) is 0 Å². The van der Waals surface area contributed by atoms with Crippen LogP contribution in [0.15, 0.2) is 24.3 Å². The molecule has 2 N–H and O–H groups in total. The van der Waals surface area contributed by atoms with Gasteiger partial charge in [0.05, 0.1) is 13.1 Å². The first-order chi connectivity index (χ1) is 10.0. The van der Waals surface area contributed by atoms with E-state index in [4.69, 9.17) is 10.5 Å². The van der Waals surface area contributed by atoms with E-state index in [0.29, 0.717) is 26.2 Å². The van der Waals surface area contributed by atoms with Gasteiger partial charge in [-0.05, 0) is 31.3 Å². The molecule has 0 saturated heterocycles. The Morgan fingerprint density at radius 1 is 1.24 bits per heavy atom. The molecule has 5 heteroatoms. The normalized spacial score (nSPS) is 9.95. The summed E-state index contributed by atoms with van der Waals surface area (Å²) in [7, 11) is 5.40. The molecule has 0 bridgehead atoms. The minimum Gasteiger partial charge on any atom is -0.492 e. The van der Waals surface area contributed by atoms with Crippen LogP contribution in [0.2, 0.25) is 0 Å². The van der Waals surface area contributed by atoms with E-state index >= 15 is 0 Å². The average molecular weight is 289 g/mol. The number of carbonyl (C=O) groups is 1. The zero-order valence-electron chi connectivity index (χ0n) is 12.9. The van der Waals surface area contributed by atoms with Crippen LogP contribution in [0.4, 0.5) is 0 Å². The molecule has 0 heterocycles. The second-order valence-electron chi connectivity index (χ2n) is 4.90. The molecular formula is C16H23N3O2. The van der Waals surface area contributed by atoms with Gasteiger partial charge in [-0.25, -0.2) is 0 Å². The fraction of sp³-hybridized carbons (Fsp3) is 0.438. The van der Waals surface area contributed by atoms with Crippen molar-refractivity contribution in [3.8, 4) is 17.6 Å². The summed E-state index contributed by atoms with van der Waals surface area (Å²) in [5, 5.41) is 0. The van der Waals surface area contributed by atoms with E-state index < -0.39 is 0 Å². The van der Waals surface area contributed by atoms with Gasteiger partial charge < -0.3 is 15.4 Å². The van der Waals surface area contributed by atoms with E-state index in [9.17, 15) is 4.79 Å². The number of nitrogens with two attached hydrogens (primary N) is 1. The number of nitrogens with zero attached hydrogens (tertiary/aromatic N) is 2. The van der Waals surface area contributed by atoms with Gasteiger partial charge in [0.25, 0.3) is 0 Å². The first kappa shape index (κ1) is 17.0. The maximum atomic E-state index is 11.5. The highest BCUT2D eigenvalue weighted by Crippen LogP contribution is 2.11. The SMILES string of the molecule is CN(CCOc1ccc(C#CCN)cc1)CC(=O)N(C)C. The topological polar surface area (TPSA) is 58.8 Å². The molecule has 0 aliphatic carbocycles. The molecule has 0 atom stereocenters. The molecule has 0 fully saturated rings. The fourth-order valence-corrected chi connectivity index (χ4v) is 1.56. The quantitative estimate of drug-likeness (QED) is 0.770. The molecule has 1 aromatic rings. The van der Waals surface area contributed by atoms with E-state index in [1.54, 1.807) is 19.0 Å². The summed E-state index contributed by atoms with van der Waals surface area (Å²) >= 11 is 0. The lowest BCUT2D eigenvalue weighted by Gasteiger charge is -2.18. The Morgan fingerprint density at radius 2 is 1.90 bits per heavy atom. The molecule has 0 aromatic heterocycles. The van der Waals surface area contributed by atoms with Crippen molar-refractivity contribution in [1.82, 2.24) is 9.80 Å². The fourth-order valence-electron chi connectivity index (χ4n) is 1.56. The molecule has 0 aliphatic heterocycles. The number of rotatable bonds is 6. The van der Waals surface area contributed by atoms with Crippen LogP contribution < -0.4 is 10.5 Å². The molecule has 1 amide bonds. The Labute approximate surface area is 126 Å². The van der Waals surface area contributed by atoms with Crippen molar-refractivity contribution >= 4 is 5.91 Å². The third-order valence-electron chi connectivity index (χ3n) is 2.83. The molecule has 0 radical (unpaired) electrons. The number of benzene rings is 1. The molecule has 5 nitrogen and oxygen atoms in total. The van der Waals surface area contributed by atoms with Gasteiger partial charge in [0, 0.05) is 26.2 Å². The van der Waals surface area contributed by atoms with Crippen molar-refractivity contribution in [1.29, 1.82) is 0 Å². The molecule has 21 heavy (non-hydrogen) atoms. The van der Waals surface area contributed by atoms with Gasteiger partial charge in [-0.1, -0.05) is 11.8 Å². The van der Waals surface area contributed by atoms with Gasteiger partial charge in [0.15, 0.2) is 0 Å². The van der Waals surface area contributed by atoms with Gasteiger partial charge in [0.2, 0.25) is 5.91 Å². The number of ether oxygens (including phenoxy) is 1. The molecule has 114 valence electrons. The maximum absolute atomic E-state index is 11.5. The Hall–Kier alpha value is -2.03. The molecule has 1 aromatic carbocycles. The van der Waals surface area contributed by atoms with E-state index in [0.717, 1.165) is 11.3 Å². The predicted molar refractivity (Wildman–Crippen MR) is 84.1 cm³/mol. The van der Waals surface area contributed by atoms with Crippen molar-refractivity contribution in [2.24, 2.45) is 5.73 Å². The number of likely N-dealkylation sites (N-methyl/N-ethyl adjacent to an activating group) is 2. The third kappa shape index (κ3) is 6.80. The lowest BCUT2D eigenvalue weighted by Crippen LogP contribution is -2.36. The monoisotopic (exact) mass is 289 g/mol. The zero-order valence-corrected chi connectivity index (χ0v) is 12.9. The number of hydrogen-bond acceptors (Lipinski definition) is 4. The van der Waals surface area contributed by atoms with Crippen LogP contribution in [0.5, 0.6) is 5.75 Å².